The minimum absolute atomic E-state index is 0.105. The molecule has 0 amide bonds. The molecule has 0 saturated heterocycles. The average molecular weight is 333 g/mol. The van der Waals surface area contributed by atoms with Gasteiger partial charge in [-0.2, -0.15) is 5.10 Å². The maximum Gasteiger partial charge on any atom is 0.272 e. The predicted molar refractivity (Wildman–Crippen MR) is 82.9 cm³/mol. The molecule has 0 aliphatic carbocycles. The number of aromatic nitrogens is 2. The molecule has 6 nitrogen and oxygen atoms in total. The number of hydrogen-bond acceptors (Lipinski definition) is 4. The maximum absolute atomic E-state index is 14.1. The highest BCUT2D eigenvalue weighted by Gasteiger charge is 2.14. The van der Waals surface area contributed by atoms with Crippen LogP contribution < -0.4 is 10.7 Å². The van der Waals surface area contributed by atoms with E-state index in [2.05, 4.69) is 10.2 Å². The van der Waals surface area contributed by atoms with Crippen LogP contribution in [0, 0.1) is 5.82 Å². The molecule has 0 aliphatic rings. The van der Waals surface area contributed by atoms with E-state index in [9.17, 15) is 17.6 Å². The van der Waals surface area contributed by atoms with Crippen LogP contribution in [0.3, 0.4) is 0 Å². The fourth-order valence-corrected chi connectivity index (χ4v) is 2.86. The summed E-state index contributed by atoms with van der Waals surface area (Å²) in [5.74, 6) is -0.700. The molecule has 0 bridgehead atoms. The minimum atomic E-state index is -3.96. The van der Waals surface area contributed by atoms with Crippen molar-refractivity contribution in [3.63, 3.8) is 0 Å². The highest BCUT2D eigenvalue weighted by Crippen LogP contribution is 2.20. The molecular formula is C15H12FN3O3S. The number of sulfonamides is 1. The summed E-state index contributed by atoms with van der Waals surface area (Å²) < 4.78 is 36.6. The highest BCUT2D eigenvalue weighted by molar-refractivity contribution is 7.89. The zero-order valence-electron chi connectivity index (χ0n) is 11.8. The fourth-order valence-electron chi connectivity index (χ4n) is 2.33. The Labute approximate surface area is 130 Å². The molecule has 3 aromatic rings. The molecule has 2 aromatic carbocycles. The zero-order chi connectivity index (χ0) is 16.6. The van der Waals surface area contributed by atoms with Gasteiger partial charge in [0.15, 0.2) is 0 Å². The molecule has 1 aromatic heterocycles. The van der Waals surface area contributed by atoms with Gasteiger partial charge in [-0.15, -0.1) is 0 Å². The summed E-state index contributed by atoms with van der Waals surface area (Å²) in [6.07, 6.45) is 0.105. The van der Waals surface area contributed by atoms with Crippen LogP contribution >= 0.6 is 0 Å². The molecule has 8 heteroatoms. The Balaban J connectivity index is 2.07. The van der Waals surface area contributed by atoms with Gasteiger partial charge in [-0.1, -0.05) is 24.3 Å². The van der Waals surface area contributed by atoms with E-state index in [1.165, 1.54) is 12.1 Å². The number of hydrogen-bond donors (Lipinski definition) is 2. The first kappa shape index (κ1) is 15.3. The lowest BCUT2D eigenvalue weighted by Gasteiger charge is -2.07. The Kier molecular flexibility index (Phi) is 3.70. The molecule has 0 spiro atoms. The molecule has 0 fully saturated rings. The van der Waals surface area contributed by atoms with Crippen LogP contribution in [0.5, 0.6) is 0 Å². The summed E-state index contributed by atoms with van der Waals surface area (Å²) >= 11 is 0. The lowest BCUT2D eigenvalue weighted by atomic mass is 10.0. The van der Waals surface area contributed by atoms with Gasteiger partial charge >= 0.3 is 0 Å². The first-order chi connectivity index (χ1) is 10.9. The van der Waals surface area contributed by atoms with Crippen LogP contribution in [0.15, 0.2) is 52.2 Å². The van der Waals surface area contributed by atoms with Crippen LogP contribution in [-0.4, -0.2) is 18.6 Å². The Hall–Kier alpha value is -2.58. The SMILES string of the molecule is NS(=O)(=O)c1ccc(Cc2n[nH]c(=O)c3ccccc23)c(F)c1. The number of primary sulfonamides is 1. The summed E-state index contributed by atoms with van der Waals surface area (Å²) in [5, 5.41) is 12.4. The molecule has 0 aliphatic heterocycles. The highest BCUT2D eigenvalue weighted by atomic mass is 32.2. The smallest absolute Gasteiger partial charge is 0.267 e. The number of rotatable bonds is 3. The van der Waals surface area contributed by atoms with E-state index in [1.807, 2.05) is 0 Å². The molecule has 118 valence electrons. The number of nitrogens with one attached hydrogen (secondary N) is 1. The molecule has 1 heterocycles. The van der Waals surface area contributed by atoms with E-state index in [1.54, 1.807) is 24.3 Å². The third-order valence-electron chi connectivity index (χ3n) is 3.49. The Morgan fingerprint density at radius 3 is 2.48 bits per heavy atom. The first-order valence-corrected chi connectivity index (χ1v) is 8.18. The third-order valence-corrected chi connectivity index (χ3v) is 4.40. The number of fused-ring (bicyclic) bond motifs is 1. The van der Waals surface area contributed by atoms with Crippen LogP contribution in [-0.2, 0) is 16.4 Å². The number of benzene rings is 2. The second-order valence-electron chi connectivity index (χ2n) is 5.02. The van der Waals surface area contributed by atoms with E-state index in [-0.39, 0.29) is 22.4 Å². The molecule has 3 rings (SSSR count). The second kappa shape index (κ2) is 5.56. The molecule has 23 heavy (non-hydrogen) atoms. The van der Waals surface area contributed by atoms with Gasteiger partial charge in [-0.25, -0.2) is 23.0 Å². The monoisotopic (exact) mass is 333 g/mol. The van der Waals surface area contributed by atoms with Crippen molar-refractivity contribution in [1.29, 1.82) is 0 Å². The summed E-state index contributed by atoms with van der Waals surface area (Å²) in [4.78, 5) is 11.4. The van der Waals surface area contributed by atoms with Crippen molar-refractivity contribution in [3.8, 4) is 0 Å². The number of H-pyrrole nitrogens is 1. The quantitative estimate of drug-likeness (QED) is 0.753. The molecule has 0 atom stereocenters. The fraction of sp³-hybridized carbons (Fsp3) is 0.0667. The zero-order valence-corrected chi connectivity index (χ0v) is 12.6. The van der Waals surface area contributed by atoms with Crippen molar-refractivity contribution in [2.24, 2.45) is 5.14 Å². The summed E-state index contributed by atoms with van der Waals surface area (Å²) in [6, 6.07) is 10.3. The normalized spacial score (nSPS) is 11.7. The van der Waals surface area contributed by atoms with Gasteiger partial charge in [-0.3, -0.25) is 4.79 Å². The van der Waals surface area contributed by atoms with E-state index < -0.39 is 15.8 Å². The predicted octanol–water partition coefficient (Wildman–Crippen LogP) is 1.30. The van der Waals surface area contributed by atoms with E-state index in [0.717, 1.165) is 6.07 Å². The minimum Gasteiger partial charge on any atom is -0.267 e. The van der Waals surface area contributed by atoms with Crippen LogP contribution in [0.2, 0.25) is 0 Å². The van der Waals surface area contributed by atoms with Crippen molar-refractivity contribution in [1.82, 2.24) is 10.2 Å². The van der Waals surface area contributed by atoms with E-state index >= 15 is 0 Å². The number of nitrogens with zero attached hydrogens (tertiary/aromatic N) is 1. The van der Waals surface area contributed by atoms with Gasteiger partial charge in [0.1, 0.15) is 5.82 Å². The van der Waals surface area contributed by atoms with Crippen LogP contribution in [0.25, 0.3) is 10.8 Å². The molecule has 3 N–H and O–H groups in total. The van der Waals surface area contributed by atoms with Gasteiger partial charge in [0, 0.05) is 11.8 Å². The largest absolute Gasteiger partial charge is 0.272 e. The Morgan fingerprint density at radius 2 is 1.83 bits per heavy atom. The van der Waals surface area contributed by atoms with Crippen molar-refractivity contribution in [2.45, 2.75) is 11.3 Å². The van der Waals surface area contributed by atoms with Gasteiger partial charge in [0.2, 0.25) is 10.0 Å². The van der Waals surface area contributed by atoms with E-state index in [0.29, 0.717) is 16.5 Å². The second-order valence-corrected chi connectivity index (χ2v) is 6.58. The van der Waals surface area contributed by atoms with Crippen molar-refractivity contribution in [2.75, 3.05) is 0 Å². The molecule has 0 saturated carbocycles. The summed E-state index contributed by atoms with van der Waals surface area (Å²) in [7, 11) is -3.96. The number of nitrogens with two attached hydrogens (primary N) is 1. The third kappa shape index (κ3) is 2.99. The van der Waals surface area contributed by atoms with Crippen molar-refractivity contribution < 1.29 is 12.8 Å². The van der Waals surface area contributed by atoms with Gasteiger partial charge < -0.3 is 0 Å². The maximum atomic E-state index is 14.1. The van der Waals surface area contributed by atoms with Gasteiger partial charge in [0.05, 0.1) is 16.0 Å². The Bertz CT molecular complexity index is 1060. The topological polar surface area (TPSA) is 106 Å². The van der Waals surface area contributed by atoms with Gasteiger partial charge in [-0.05, 0) is 23.8 Å². The average Bonchev–Trinajstić information content (AvgIpc) is 2.51. The first-order valence-electron chi connectivity index (χ1n) is 6.64. The summed E-state index contributed by atoms with van der Waals surface area (Å²) in [5.41, 5.74) is 0.416. The lowest BCUT2D eigenvalue weighted by Crippen LogP contribution is -2.13. The standard InChI is InChI=1S/C15H12FN3O3S/c16-13-8-10(23(17,21)22)6-5-9(13)7-14-11-3-1-2-4-12(11)15(20)19-18-14/h1-6,8H,7H2,(H,19,20)(H2,17,21,22). The summed E-state index contributed by atoms with van der Waals surface area (Å²) in [6.45, 7) is 0. The van der Waals surface area contributed by atoms with Crippen molar-refractivity contribution >= 4 is 20.8 Å². The van der Waals surface area contributed by atoms with Crippen LogP contribution in [0.1, 0.15) is 11.3 Å². The number of aromatic amines is 1. The number of halogens is 1. The molecular weight excluding hydrogens is 321 g/mol. The van der Waals surface area contributed by atoms with E-state index in [4.69, 9.17) is 5.14 Å². The Morgan fingerprint density at radius 1 is 1.13 bits per heavy atom. The lowest BCUT2D eigenvalue weighted by molar-refractivity contribution is 0.589. The van der Waals surface area contributed by atoms with Crippen molar-refractivity contribution in [3.05, 3.63) is 69.9 Å². The molecule has 0 unspecified atom stereocenters. The molecule has 0 radical (unpaired) electrons. The van der Waals surface area contributed by atoms with Crippen LogP contribution in [0.4, 0.5) is 4.39 Å². The van der Waals surface area contributed by atoms with Gasteiger partial charge in [0.25, 0.3) is 5.56 Å².